The van der Waals surface area contributed by atoms with Crippen LogP contribution in [0.1, 0.15) is 12.8 Å². The molecule has 1 fully saturated rings. The highest BCUT2D eigenvalue weighted by Crippen LogP contribution is 2.13. The minimum atomic E-state index is 0.719. The molecule has 0 bridgehead atoms. The number of ether oxygens (including phenoxy) is 1. The van der Waals surface area contributed by atoms with Crippen LogP contribution >= 0.6 is 0 Å². The van der Waals surface area contributed by atoms with E-state index in [1.54, 1.807) is 0 Å². The van der Waals surface area contributed by atoms with Gasteiger partial charge in [0.1, 0.15) is 0 Å². The van der Waals surface area contributed by atoms with E-state index in [2.05, 4.69) is 7.05 Å². The Balaban J connectivity index is 2.13. The quantitative estimate of drug-likeness (QED) is 0.536. The zero-order valence-corrected chi connectivity index (χ0v) is 6.68. The summed E-state index contributed by atoms with van der Waals surface area (Å²) in [6.45, 7) is 2.96. The molecule has 1 heterocycles. The molecule has 0 saturated carbocycles. The molecule has 10 heavy (non-hydrogen) atoms. The van der Waals surface area contributed by atoms with E-state index in [1.807, 2.05) is 11.9 Å². The third-order valence-electron chi connectivity index (χ3n) is 1.82. The summed E-state index contributed by atoms with van der Waals surface area (Å²) in [6.07, 6.45) is 2.53. The first-order chi connectivity index (χ1) is 4.79. The van der Waals surface area contributed by atoms with Gasteiger partial charge in [0, 0.05) is 6.61 Å². The predicted octanol–water partition coefficient (Wildman–Crippen LogP) is 1.14. The van der Waals surface area contributed by atoms with Crippen LogP contribution in [0.3, 0.4) is 0 Å². The second-order valence-corrected chi connectivity index (χ2v) is 3.12. The van der Waals surface area contributed by atoms with Crippen molar-refractivity contribution in [3.8, 4) is 0 Å². The molecule has 60 valence electrons. The lowest BCUT2D eigenvalue weighted by Crippen LogP contribution is -2.27. The monoisotopic (exact) mass is 142 g/mol. The molecule has 1 atom stereocenters. The Kier molecular flexibility index (Phi) is 3.16. The van der Waals surface area contributed by atoms with E-state index in [-0.39, 0.29) is 0 Å². The van der Waals surface area contributed by atoms with Crippen LogP contribution in [0.15, 0.2) is 0 Å². The van der Waals surface area contributed by atoms with Crippen molar-refractivity contribution in [2.24, 2.45) is 5.92 Å². The number of nitrogens with zero attached hydrogens (tertiary/aromatic N) is 1. The summed E-state index contributed by atoms with van der Waals surface area (Å²) in [5, 5.41) is 0. The van der Waals surface area contributed by atoms with Gasteiger partial charge in [-0.05, 0) is 32.4 Å². The Morgan fingerprint density at radius 3 is 3.00 bits per heavy atom. The van der Waals surface area contributed by atoms with Crippen LogP contribution < -0.4 is 0 Å². The molecule has 0 aromatic rings. The summed E-state index contributed by atoms with van der Waals surface area (Å²) in [5.74, 6) is 0.719. The first kappa shape index (κ1) is 8.02. The van der Waals surface area contributed by atoms with Gasteiger partial charge in [0.05, 0.1) is 6.61 Å². The maximum atomic E-state index is 5.33. The third-order valence-corrected chi connectivity index (χ3v) is 1.82. The summed E-state index contributed by atoms with van der Waals surface area (Å²) < 4.78 is 5.33. The van der Waals surface area contributed by atoms with Crippen molar-refractivity contribution in [1.29, 1.82) is 0 Å². The molecule has 2 heteroatoms. The molecule has 1 aliphatic rings. The summed E-state index contributed by atoms with van der Waals surface area (Å²) in [5.41, 5.74) is 0. The lowest BCUT2D eigenvalue weighted by atomic mass is 10.0. The first-order valence-corrected chi connectivity index (χ1v) is 3.88. The zero-order valence-electron chi connectivity index (χ0n) is 6.68. The van der Waals surface area contributed by atoms with Gasteiger partial charge in [-0.1, -0.05) is 0 Å². The summed E-state index contributed by atoms with van der Waals surface area (Å²) >= 11 is 0. The van der Waals surface area contributed by atoms with Crippen molar-refractivity contribution in [3.63, 3.8) is 0 Å². The molecule has 0 spiro atoms. The molecule has 0 radical (unpaired) electrons. The molecule has 0 N–H and O–H groups in total. The Morgan fingerprint density at radius 1 is 1.70 bits per heavy atom. The van der Waals surface area contributed by atoms with E-state index in [9.17, 15) is 0 Å². The van der Waals surface area contributed by atoms with E-state index in [0.717, 1.165) is 25.7 Å². The number of hydrogen-bond acceptors (Lipinski definition) is 2. The number of rotatable bonds is 2. The SMILES string of the molecule is [CH2-]N(C)CC1CCCOC1. The molecule has 0 aromatic heterocycles. The molecule has 0 aliphatic carbocycles. The summed E-state index contributed by atoms with van der Waals surface area (Å²) in [7, 11) is 5.82. The number of hydrogen-bond donors (Lipinski definition) is 0. The third kappa shape index (κ3) is 2.67. The minimum absolute atomic E-state index is 0.719. The van der Waals surface area contributed by atoms with Crippen LogP contribution in [0.2, 0.25) is 0 Å². The standard InChI is InChI=1S/C8H16NO/c1-9(2)6-8-4-3-5-10-7-8/h8H,1,3-7H2,2H3/q-1. The molecule has 0 aromatic carbocycles. The molecule has 1 rings (SSSR count). The lowest BCUT2D eigenvalue weighted by molar-refractivity contribution is 0.0465. The van der Waals surface area contributed by atoms with E-state index in [4.69, 9.17) is 4.74 Å². The highest BCUT2D eigenvalue weighted by Gasteiger charge is 2.12. The topological polar surface area (TPSA) is 12.5 Å². The lowest BCUT2D eigenvalue weighted by Gasteiger charge is -2.28. The van der Waals surface area contributed by atoms with Gasteiger partial charge in [-0.25, -0.2) is 0 Å². The van der Waals surface area contributed by atoms with Crippen molar-refractivity contribution in [1.82, 2.24) is 4.90 Å². The van der Waals surface area contributed by atoms with Gasteiger partial charge in [-0.15, -0.1) is 0 Å². The van der Waals surface area contributed by atoms with Gasteiger partial charge in [0.25, 0.3) is 0 Å². The second kappa shape index (κ2) is 3.94. The average Bonchev–Trinajstić information content (AvgIpc) is 1.88. The predicted molar refractivity (Wildman–Crippen MR) is 41.5 cm³/mol. The molecule has 2 nitrogen and oxygen atoms in total. The van der Waals surface area contributed by atoms with Crippen molar-refractivity contribution in [3.05, 3.63) is 7.05 Å². The minimum Gasteiger partial charge on any atom is -0.461 e. The van der Waals surface area contributed by atoms with Crippen molar-refractivity contribution >= 4 is 0 Å². The highest BCUT2D eigenvalue weighted by molar-refractivity contribution is 4.66. The van der Waals surface area contributed by atoms with E-state index < -0.39 is 0 Å². The van der Waals surface area contributed by atoms with Crippen molar-refractivity contribution in [2.75, 3.05) is 26.8 Å². The van der Waals surface area contributed by atoms with Gasteiger partial charge in [-0.2, -0.15) is 0 Å². The zero-order chi connectivity index (χ0) is 7.40. The molecular weight excluding hydrogens is 126 g/mol. The van der Waals surface area contributed by atoms with Crippen LogP contribution in [0.4, 0.5) is 0 Å². The van der Waals surface area contributed by atoms with Crippen LogP contribution in [0.25, 0.3) is 0 Å². The Morgan fingerprint density at radius 2 is 2.50 bits per heavy atom. The van der Waals surface area contributed by atoms with Crippen molar-refractivity contribution < 1.29 is 4.74 Å². The van der Waals surface area contributed by atoms with E-state index in [1.165, 1.54) is 12.8 Å². The Labute approximate surface area is 63.2 Å². The summed E-state index contributed by atoms with van der Waals surface area (Å²) in [6, 6.07) is 0. The summed E-state index contributed by atoms with van der Waals surface area (Å²) in [4.78, 5) is 1.99. The second-order valence-electron chi connectivity index (χ2n) is 3.12. The Hall–Kier alpha value is -0.0800. The van der Waals surface area contributed by atoms with E-state index >= 15 is 0 Å². The maximum absolute atomic E-state index is 5.33. The van der Waals surface area contributed by atoms with Gasteiger partial charge in [0.15, 0.2) is 0 Å². The molecule has 1 aliphatic heterocycles. The van der Waals surface area contributed by atoms with Gasteiger partial charge >= 0.3 is 0 Å². The van der Waals surface area contributed by atoms with Gasteiger partial charge in [0.2, 0.25) is 0 Å². The van der Waals surface area contributed by atoms with E-state index in [0.29, 0.717) is 0 Å². The van der Waals surface area contributed by atoms with Crippen LogP contribution in [0.5, 0.6) is 0 Å². The smallest absolute Gasteiger partial charge is 0.0505 e. The highest BCUT2D eigenvalue weighted by atomic mass is 16.5. The van der Waals surface area contributed by atoms with Gasteiger partial charge < -0.3 is 9.64 Å². The largest absolute Gasteiger partial charge is 0.461 e. The maximum Gasteiger partial charge on any atom is 0.0505 e. The average molecular weight is 142 g/mol. The molecule has 1 saturated heterocycles. The fourth-order valence-electron chi connectivity index (χ4n) is 1.39. The molecular formula is C8H16NO-. The fourth-order valence-corrected chi connectivity index (χ4v) is 1.39. The normalized spacial score (nSPS) is 27.3. The molecule has 0 amide bonds. The first-order valence-electron chi connectivity index (χ1n) is 3.88. The van der Waals surface area contributed by atoms with Crippen LogP contribution in [-0.4, -0.2) is 31.7 Å². The molecule has 1 unspecified atom stereocenters. The van der Waals surface area contributed by atoms with Crippen LogP contribution in [0, 0.1) is 13.0 Å². The van der Waals surface area contributed by atoms with Crippen LogP contribution in [-0.2, 0) is 4.74 Å². The fraction of sp³-hybridized carbons (Fsp3) is 0.875. The van der Waals surface area contributed by atoms with Crippen molar-refractivity contribution in [2.45, 2.75) is 12.8 Å². The van der Waals surface area contributed by atoms with Gasteiger partial charge in [-0.3, -0.25) is 7.05 Å². The Bertz CT molecular complexity index is 87.3.